The predicted octanol–water partition coefficient (Wildman–Crippen LogP) is 2.48. The van der Waals surface area contributed by atoms with E-state index in [-0.39, 0.29) is 17.6 Å². The minimum absolute atomic E-state index is 0.0131. The summed E-state index contributed by atoms with van der Waals surface area (Å²) in [6, 6.07) is 5.96. The van der Waals surface area contributed by atoms with Gasteiger partial charge in [0.05, 0.1) is 5.69 Å². The number of urea groups is 1. The monoisotopic (exact) mass is 450 g/mol. The van der Waals surface area contributed by atoms with E-state index in [1.807, 2.05) is 44.1 Å². The van der Waals surface area contributed by atoms with Gasteiger partial charge in [-0.2, -0.15) is 10.2 Å². The molecule has 10 nitrogen and oxygen atoms in total. The molecule has 174 valence electrons. The molecule has 1 saturated heterocycles. The van der Waals surface area contributed by atoms with Crippen LogP contribution < -0.4 is 15.8 Å². The highest BCUT2D eigenvalue weighted by Crippen LogP contribution is 2.44. The van der Waals surface area contributed by atoms with Crippen molar-refractivity contribution in [1.29, 1.82) is 0 Å². The Kier molecular flexibility index (Phi) is 5.22. The summed E-state index contributed by atoms with van der Waals surface area (Å²) in [5.41, 5.74) is 9.76. The maximum Gasteiger partial charge on any atom is 0.317 e. The highest BCUT2D eigenvalue weighted by Gasteiger charge is 2.46. The van der Waals surface area contributed by atoms with Crippen molar-refractivity contribution in [2.75, 3.05) is 25.4 Å². The molecule has 5 heterocycles. The highest BCUT2D eigenvalue weighted by molar-refractivity contribution is 5.75. The molecule has 10 heteroatoms. The zero-order chi connectivity index (χ0) is 23.2. The summed E-state index contributed by atoms with van der Waals surface area (Å²) in [5, 5.41) is 12.2. The molecule has 3 aromatic heterocycles. The number of nitrogens with zero attached hydrogens (tertiary/aromatic N) is 6. The number of fused-ring (bicyclic) bond motifs is 2. The van der Waals surface area contributed by atoms with Gasteiger partial charge in [0.1, 0.15) is 11.8 Å². The minimum Gasteiger partial charge on any atom is -0.480 e. The summed E-state index contributed by atoms with van der Waals surface area (Å²) >= 11 is 0. The highest BCUT2D eigenvalue weighted by atomic mass is 16.5. The normalized spacial score (nSPS) is 20.3. The van der Waals surface area contributed by atoms with Crippen LogP contribution in [0, 0.1) is 0 Å². The number of carbonyl (C=O) groups excluding carboxylic acids is 1. The molecule has 3 aromatic rings. The lowest BCUT2D eigenvalue weighted by atomic mass is 9.82. The summed E-state index contributed by atoms with van der Waals surface area (Å²) < 4.78 is 9.91. The summed E-state index contributed by atoms with van der Waals surface area (Å²) in [6.45, 7) is 6.85. The number of likely N-dealkylation sites (tertiary alicyclic amines) is 1. The third-order valence-electron chi connectivity index (χ3n) is 6.73. The molecule has 0 radical (unpaired) electrons. The van der Waals surface area contributed by atoms with Crippen molar-refractivity contribution in [3.8, 4) is 17.0 Å². The van der Waals surface area contributed by atoms with Gasteiger partial charge in [0.2, 0.25) is 0 Å². The van der Waals surface area contributed by atoms with Gasteiger partial charge in [0, 0.05) is 62.3 Å². The van der Waals surface area contributed by atoms with Crippen LogP contribution in [0.1, 0.15) is 44.2 Å². The smallest absolute Gasteiger partial charge is 0.317 e. The molecule has 0 saturated carbocycles. The van der Waals surface area contributed by atoms with Crippen molar-refractivity contribution in [2.24, 2.45) is 7.05 Å². The lowest BCUT2D eigenvalue weighted by Gasteiger charge is -2.23. The third kappa shape index (κ3) is 3.79. The first-order valence-electron chi connectivity index (χ1n) is 11.4. The van der Waals surface area contributed by atoms with E-state index in [1.165, 1.54) is 5.69 Å². The van der Waals surface area contributed by atoms with Crippen LogP contribution >= 0.6 is 0 Å². The number of anilines is 1. The molecular weight excluding hydrogens is 420 g/mol. The Bertz CT molecular complexity index is 1190. The molecule has 2 aliphatic heterocycles. The minimum atomic E-state index is -0.264. The first-order valence-corrected chi connectivity index (χ1v) is 11.4. The van der Waals surface area contributed by atoms with E-state index >= 15 is 0 Å². The SMILES string of the molecule is CCNC(=O)N1CC[C@@]2(CCn3nc(-c4cnc(N)c(O[C@H](C)c5ccn(C)n5)c4)cc32)C1. The van der Waals surface area contributed by atoms with Crippen LogP contribution in [0.15, 0.2) is 30.6 Å². The average Bonchev–Trinajstić information content (AvgIpc) is 3.56. The Morgan fingerprint density at radius 2 is 2.12 bits per heavy atom. The van der Waals surface area contributed by atoms with E-state index in [9.17, 15) is 4.79 Å². The van der Waals surface area contributed by atoms with Crippen molar-refractivity contribution >= 4 is 11.8 Å². The third-order valence-corrected chi connectivity index (χ3v) is 6.73. The largest absolute Gasteiger partial charge is 0.480 e. The second kappa shape index (κ2) is 8.09. The predicted molar refractivity (Wildman–Crippen MR) is 124 cm³/mol. The van der Waals surface area contributed by atoms with Crippen molar-refractivity contribution in [1.82, 2.24) is 34.8 Å². The summed E-state index contributed by atoms with van der Waals surface area (Å²) in [6.07, 6.45) is 5.30. The van der Waals surface area contributed by atoms with Crippen molar-refractivity contribution < 1.29 is 9.53 Å². The molecule has 1 fully saturated rings. The maximum atomic E-state index is 12.3. The van der Waals surface area contributed by atoms with Gasteiger partial charge in [-0.3, -0.25) is 9.36 Å². The Balaban J connectivity index is 1.38. The van der Waals surface area contributed by atoms with Gasteiger partial charge in [-0.1, -0.05) is 0 Å². The molecule has 2 aliphatic rings. The Hall–Kier alpha value is -3.56. The fraction of sp³-hybridized carbons (Fsp3) is 0.478. The number of hydrogen-bond donors (Lipinski definition) is 2. The first-order chi connectivity index (χ1) is 15.9. The number of nitrogens with one attached hydrogen (secondary N) is 1. The van der Waals surface area contributed by atoms with Crippen LogP contribution in [-0.4, -0.2) is 55.1 Å². The number of carbonyl (C=O) groups is 1. The molecule has 2 atom stereocenters. The number of rotatable bonds is 5. The quantitative estimate of drug-likeness (QED) is 0.617. The van der Waals surface area contributed by atoms with Gasteiger partial charge >= 0.3 is 6.03 Å². The van der Waals surface area contributed by atoms with Crippen molar-refractivity contribution in [3.05, 3.63) is 42.0 Å². The number of hydrogen-bond acceptors (Lipinski definition) is 6. The molecule has 3 N–H and O–H groups in total. The Morgan fingerprint density at radius 3 is 2.88 bits per heavy atom. The molecular formula is C23H30N8O2. The van der Waals surface area contributed by atoms with Gasteiger partial charge in [-0.25, -0.2) is 9.78 Å². The van der Waals surface area contributed by atoms with E-state index in [0.29, 0.717) is 18.1 Å². The van der Waals surface area contributed by atoms with Gasteiger partial charge in [-0.05, 0) is 44.9 Å². The molecule has 2 amide bonds. The summed E-state index contributed by atoms with van der Waals surface area (Å²) in [7, 11) is 1.87. The van der Waals surface area contributed by atoms with E-state index < -0.39 is 0 Å². The van der Waals surface area contributed by atoms with Gasteiger partial charge < -0.3 is 20.7 Å². The zero-order valence-corrected chi connectivity index (χ0v) is 19.3. The molecule has 0 unspecified atom stereocenters. The van der Waals surface area contributed by atoms with E-state index in [0.717, 1.165) is 49.4 Å². The van der Waals surface area contributed by atoms with Crippen LogP contribution in [0.5, 0.6) is 5.75 Å². The number of aryl methyl sites for hydroxylation is 2. The Morgan fingerprint density at radius 1 is 1.30 bits per heavy atom. The van der Waals surface area contributed by atoms with E-state index in [2.05, 4.69) is 26.1 Å². The number of aromatic nitrogens is 5. The molecule has 33 heavy (non-hydrogen) atoms. The summed E-state index contributed by atoms with van der Waals surface area (Å²) in [4.78, 5) is 18.6. The molecule has 0 bridgehead atoms. The van der Waals surface area contributed by atoms with Gasteiger partial charge in [0.15, 0.2) is 11.6 Å². The molecule has 5 rings (SSSR count). The summed E-state index contributed by atoms with van der Waals surface area (Å²) in [5.74, 6) is 0.843. The van der Waals surface area contributed by atoms with Crippen LogP contribution in [-0.2, 0) is 19.0 Å². The van der Waals surface area contributed by atoms with Crippen LogP contribution in [0.4, 0.5) is 10.6 Å². The van der Waals surface area contributed by atoms with Crippen molar-refractivity contribution in [2.45, 2.75) is 44.8 Å². The first kappa shape index (κ1) is 21.3. The van der Waals surface area contributed by atoms with Gasteiger partial charge in [-0.15, -0.1) is 0 Å². The van der Waals surface area contributed by atoms with Crippen molar-refractivity contribution in [3.63, 3.8) is 0 Å². The average molecular weight is 451 g/mol. The fourth-order valence-electron chi connectivity index (χ4n) is 4.92. The fourth-order valence-corrected chi connectivity index (χ4v) is 4.92. The van der Waals surface area contributed by atoms with Crippen LogP contribution in [0.25, 0.3) is 11.3 Å². The molecule has 0 aromatic carbocycles. The lowest BCUT2D eigenvalue weighted by molar-refractivity contribution is 0.206. The second-order valence-corrected chi connectivity index (χ2v) is 8.96. The zero-order valence-electron chi connectivity index (χ0n) is 19.3. The molecule has 1 spiro atoms. The standard InChI is InChI=1S/C23H30N8O2/c1-4-25-22(32)30-9-6-23(14-30)7-10-31-20(23)12-18(28-31)16-11-19(21(24)26-13-16)33-15(2)17-5-8-29(3)27-17/h5,8,11-13,15H,4,6-7,9-10,14H2,1-3H3,(H2,24,26)(H,25,32)/t15-,23-/m1/s1. The van der Waals surface area contributed by atoms with Crippen LogP contribution in [0.3, 0.4) is 0 Å². The number of ether oxygens (including phenoxy) is 1. The number of amides is 2. The number of pyridine rings is 1. The lowest BCUT2D eigenvalue weighted by Crippen LogP contribution is -2.40. The van der Waals surface area contributed by atoms with Crippen LogP contribution in [0.2, 0.25) is 0 Å². The number of nitrogens with two attached hydrogens (primary N) is 1. The Labute approximate surface area is 192 Å². The van der Waals surface area contributed by atoms with E-state index in [4.69, 9.17) is 15.6 Å². The topological polar surface area (TPSA) is 116 Å². The molecule has 0 aliphatic carbocycles. The second-order valence-electron chi connectivity index (χ2n) is 8.96. The maximum absolute atomic E-state index is 12.3. The van der Waals surface area contributed by atoms with E-state index in [1.54, 1.807) is 10.9 Å². The number of nitrogen functional groups attached to an aromatic ring is 1. The van der Waals surface area contributed by atoms with Gasteiger partial charge in [0.25, 0.3) is 0 Å².